The van der Waals surface area contributed by atoms with Crippen LogP contribution in [0.25, 0.3) is 0 Å². The van der Waals surface area contributed by atoms with Crippen LogP contribution in [-0.4, -0.2) is 17.9 Å². The molecule has 92 valence electrons. The summed E-state index contributed by atoms with van der Waals surface area (Å²) in [6.45, 7) is 0. The van der Waals surface area contributed by atoms with Crippen LogP contribution in [0.5, 0.6) is 0 Å². The molecule has 0 aromatic carbocycles. The second-order valence-electron chi connectivity index (χ2n) is 4.95. The van der Waals surface area contributed by atoms with Crippen LogP contribution < -0.4 is 4.90 Å². The fourth-order valence-corrected chi connectivity index (χ4v) is 2.66. The molecule has 0 atom stereocenters. The Balaban J connectivity index is 1.70. The minimum atomic E-state index is -0.00120. The third-order valence-corrected chi connectivity index (χ3v) is 3.80. The number of pyridine rings is 1. The highest BCUT2D eigenvalue weighted by Gasteiger charge is 2.36. The van der Waals surface area contributed by atoms with E-state index in [0.717, 1.165) is 17.6 Å². The van der Waals surface area contributed by atoms with E-state index in [-0.39, 0.29) is 5.91 Å². The Hall–Kier alpha value is -2.42. The summed E-state index contributed by atoms with van der Waals surface area (Å²) in [6, 6.07) is 5.57. The summed E-state index contributed by atoms with van der Waals surface area (Å²) in [5, 5.41) is 0. The third kappa shape index (κ3) is 1.45. The number of likely N-dealkylation sites (N-methyl/N-ethyl adjacent to an activating group) is 1. The summed E-state index contributed by atoms with van der Waals surface area (Å²) in [4.78, 5) is 18.3. The van der Waals surface area contributed by atoms with E-state index >= 15 is 0 Å². The summed E-state index contributed by atoms with van der Waals surface area (Å²) in [5.41, 5.74) is 5.90. The maximum Gasteiger partial charge on any atom is 0.259 e. The first kappa shape index (κ1) is 10.5. The van der Waals surface area contributed by atoms with E-state index in [2.05, 4.69) is 17.1 Å². The molecule has 0 radical (unpaired) electrons. The zero-order valence-electron chi connectivity index (χ0n) is 10.6. The summed E-state index contributed by atoms with van der Waals surface area (Å²) in [5.74, 6) is 0.671. The highest BCUT2D eigenvalue weighted by atomic mass is 16.2. The molecule has 1 aromatic heterocycles. The lowest BCUT2D eigenvalue weighted by molar-refractivity contribution is -0.114. The third-order valence-electron chi connectivity index (χ3n) is 3.80. The second kappa shape index (κ2) is 3.54. The molecule has 3 aliphatic rings. The van der Waals surface area contributed by atoms with E-state index in [1.807, 2.05) is 24.3 Å². The lowest BCUT2D eigenvalue weighted by atomic mass is 10.1. The molecular formula is C16H12N2O. The molecule has 0 saturated heterocycles. The Morgan fingerprint density at radius 1 is 1.26 bits per heavy atom. The van der Waals surface area contributed by atoms with Crippen molar-refractivity contribution < 1.29 is 4.79 Å². The second-order valence-corrected chi connectivity index (χ2v) is 4.95. The predicted octanol–water partition coefficient (Wildman–Crippen LogP) is 2.55. The molecule has 3 aliphatic carbocycles. The number of aromatic nitrogens is 1. The molecular weight excluding hydrogens is 236 g/mol. The van der Waals surface area contributed by atoms with E-state index in [1.54, 1.807) is 18.1 Å². The minimum Gasteiger partial charge on any atom is -0.296 e. The summed E-state index contributed by atoms with van der Waals surface area (Å²) >= 11 is 0. The van der Waals surface area contributed by atoms with Gasteiger partial charge in [-0.2, -0.15) is 0 Å². The molecule has 0 N–H and O–H groups in total. The monoisotopic (exact) mass is 248 g/mol. The molecule has 1 fully saturated rings. The van der Waals surface area contributed by atoms with Gasteiger partial charge in [0.05, 0.1) is 0 Å². The molecule has 3 nitrogen and oxygen atoms in total. The van der Waals surface area contributed by atoms with Gasteiger partial charge in [-0.1, -0.05) is 12.1 Å². The lowest BCUT2D eigenvalue weighted by Crippen LogP contribution is -2.28. The molecule has 1 heterocycles. The Morgan fingerprint density at radius 2 is 2.16 bits per heavy atom. The van der Waals surface area contributed by atoms with E-state index in [1.165, 1.54) is 16.7 Å². The maximum atomic E-state index is 12.5. The average molecular weight is 248 g/mol. The van der Waals surface area contributed by atoms with Crippen molar-refractivity contribution >= 4 is 11.7 Å². The fourth-order valence-electron chi connectivity index (χ4n) is 2.66. The van der Waals surface area contributed by atoms with Gasteiger partial charge in [-0.3, -0.25) is 9.69 Å². The first-order valence-electron chi connectivity index (χ1n) is 6.31. The SMILES string of the molecule is CN(C(=O)C1=C2C=C3CC3=C2C=C1)c1ccccn1. The van der Waals surface area contributed by atoms with Crippen LogP contribution in [-0.2, 0) is 4.79 Å². The molecule has 3 heteroatoms. The maximum absolute atomic E-state index is 12.5. The Bertz CT molecular complexity index is 720. The van der Waals surface area contributed by atoms with Crippen LogP contribution in [0.1, 0.15) is 6.42 Å². The van der Waals surface area contributed by atoms with Crippen LogP contribution in [0.3, 0.4) is 0 Å². The predicted molar refractivity (Wildman–Crippen MR) is 73.5 cm³/mol. The molecule has 4 rings (SSSR count). The fraction of sp³-hybridized carbons (Fsp3) is 0.125. The van der Waals surface area contributed by atoms with Gasteiger partial charge in [0.25, 0.3) is 5.91 Å². The Labute approximate surface area is 111 Å². The quantitative estimate of drug-likeness (QED) is 0.805. The van der Waals surface area contributed by atoms with Gasteiger partial charge in [0.1, 0.15) is 5.82 Å². The number of hydrogen-bond acceptors (Lipinski definition) is 2. The van der Waals surface area contributed by atoms with Crippen molar-refractivity contribution in [3.05, 3.63) is 70.5 Å². The average Bonchev–Trinajstić information content (AvgIpc) is 2.94. The zero-order valence-corrected chi connectivity index (χ0v) is 10.6. The van der Waals surface area contributed by atoms with Gasteiger partial charge in [-0.25, -0.2) is 4.98 Å². The standard InChI is InChI=1S/C16H12N2O/c1-18(15-4-2-3-7-17-15)16(19)12-6-5-11-13-8-10(13)9-14(11)12/h2-7,9H,8H2,1H3. The molecule has 1 aromatic rings. The number of carbonyl (C=O) groups excluding carboxylic acids is 1. The normalized spacial score (nSPS) is 18.5. The summed E-state index contributed by atoms with van der Waals surface area (Å²) in [6.07, 6.45) is 8.91. The van der Waals surface area contributed by atoms with E-state index < -0.39 is 0 Å². The highest BCUT2D eigenvalue weighted by molar-refractivity contribution is 6.10. The topological polar surface area (TPSA) is 33.2 Å². The van der Waals surface area contributed by atoms with Gasteiger partial charge >= 0.3 is 0 Å². The van der Waals surface area contributed by atoms with Gasteiger partial charge in [0, 0.05) is 18.8 Å². The number of fused-ring (bicyclic) bond motifs is 2. The molecule has 1 saturated carbocycles. The molecule has 0 aliphatic heterocycles. The van der Waals surface area contributed by atoms with Crippen LogP contribution >= 0.6 is 0 Å². The van der Waals surface area contributed by atoms with Crippen molar-refractivity contribution in [3.8, 4) is 0 Å². The van der Waals surface area contributed by atoms with Crippen LogP contribution in [0.4, 0.5) is 5.82 Å². The highest BCUT2D eigenvalue weighted by Crippen LogP contribution is 2.51. The van der Waals surface area contributed by atoms with E-state index in [4.69, 9.17) is 0 Å². The number of hydrogen-bond donors (Lipinski definition) is 0. The minimum absolute atomic E-state index is 0.00120. The number of rotatable bonds is 2. The van der Waals surface area contributed by atoms with Crippen molar-refractivity contribution in [3.63, 3.8) is 0 Å². The van der Waals surface area contributed by atoms with Crippen LogP contribution in [0.2, 0.25) is 0 Å². The van der Waals surface area contributed by atoms with Crippen molar-refractivity contribution in [2.75, 3.05) is 11.9 Å². The number of carbonyl (C=O) groups is 1. The van der Waals surface area contributed by atoms with Crippen LogP contribution in [0.15, 0.2) is 70.5 Å². The number of anilines is 1. The van der Waals surface area contributed by atoms with Gasteiger partial charge in [0.2, 0.25) is 0 Å². The van der Waals surface area contributed by atoms with E-state index in [0.29, 0.717) is 5.82 Å². The molecule has 1 amide bonds. The van der Waals surface area contributed by atoms with Crippen molar-refractivity contribution in [1.29, 1.82) is 0 Å². The number of amides is 1. The number of nitrogens with zero attached hydrogens (tertiary/aromatic N) is 2. The van der Waals surface area contributed by atoms with Gasteiger partial charge < -0.3 is 0 Å². The van der Waals surface area contributed by atoms with Crippen LogP contribution in [0, 0.1) is 0 Å². The van der Waals surface area contributed by atoms with Crippen molar-refractivity contribution in [2.24, 2.45) is 0 Å². The van der Waals surface area contributed by atoms with Gasteiger partial charge in [-0.15, -0.1) is 0 Å². The zero-order chi connectivity index (χ0) is 13.0. The molecule has 0 bridgehead atoms. The van der Waals surface area contributed by atoms with Crippen molar-refractivity contribution in [2.45, 2.75) is 6.42 Å². The Kier molecular flexibility index (Phi) is 1.96. The first-order chi connectivity index (χ1) is 9.25. The van der Waals surface area contributed by atoms with Gasteiger partial charge in [0.15, 0.2) is 0 Å². The molecule has 19 heavy (non-hydrogen) atoms. The van der Waals surface area contributed by atoms with E-state index in [9.17, 15) is 4.79 Å². The summed E-state index contributed by atoms with van der Waals surface area (Å²) < 4.78 is 0. The molecule has 0 spiro atoms. The smallest absolute Gasteiger partial charge is 0.259 e. The van der Waals surface area contributed by atoms with Gasteiger partial charge in [-0.05, 0) is 53.0 Å². The largest absolute Gasteiger partial charge is 0.296 e. The first-order valence-corrected chi connectivity index (χ1v) is 6.31. The van der Waals surface area contributed by atoms with Crippen molar-refractivity contribution in [1.82, 2.24) is 4.98 Å². The molecule has 0 unspecified atom stereocenters. The number of allylic oxidation sites excluding steroid dienone is 6. The Morgan fingerprint density at radius 3 is 2.95 bits per heavy atom. The summed E-state index contributed by atoms with van der Waals surface area (Å²) in [7, 11) is 1.76. The lowest BCUT2D eigenvalue weighted by Gasteiger charge is -2.16.